The fourth-order valence-electron chi connectivity index (χ4n) is 1.81. The Morgan fingerprint density at radius 3 is 2.58 bits per heavy atom. The van der Waals surface area contributed by atoms with Crippen LogP contribution in [0.25, 0.3) is 0 Å². The van der Waals surface area contributed by atoms with Crippen LogP contribution in [0.5, 0.6) is 0 Å². The maximum absolute atomic E-state index is 5.86. The molecule has 0 radical (unpaired) electrons. The highest BCUT2D eigenvalue weighted by Crippen LogP contribution is 2.10. The summed E-state index contributed by atoms with van der Waals surface area (Å²) < 4.78 is 10.3. The Bertz CT molecular complexity index is 329. The molecule has 0 spiro atoms. The Balaban J connectivity index is 2.04. The zero-order chi connectivity index (χ0) is 13.9. The van der Waals surface area contributed by atoms with Crippen molar-refractivity contribution in [3.8, 4) is 0 Å². The van der Waals surface area contributed by atoms with Crippen LogP contribution in [0.1, 0.15) is 18.9 Å². The minimum atomic E-state index is 0.458. The highest BCUT2D eigenvalue weighted by molar-refractivity contribution is 6.30. The lowest BCUT2D eigenvalue weighted by molar-refractivity contribution is 0.0693. The molecule has 4 heteroatoms. The summed E-state index contributed by atoms with van der Waals surface area (Å²) in [6.45, 7) is 5.30. The van der Waals surface area contributed by atoms with Crippen LogP contribution in [-0.2, 0) is 15.9 Å². The van der Waals surface area contributed by atoms with Crippen LogP contribution in [0.3, 0.4) is 0 Å². The van der Waals surface area contributed by atoms with Crippen LogP contribution in [0.2, 0.25) is 5.02 Å². The van der Waals surface area contributed by atoms with Crippen molar-refractivity contribution in [2.75, 3.05) is 33.5 Å². The number of ether oxygens (including phenoxy) is 2. The average molecular weight is 286 g/mol. The monoisotopic (exact) mass is 285 g/mol. The molecule has 1 N–H and O–H groups in total. The van der Waals surface area contributed by atoms with E-state index in [-0.39, 0.29) is 0 Å². The van der Waals surface area contributed by atoms with E-state index in [1.165, 1.54) is 5.56 Å². The standard InChI is InChI=1S/C15H24ClNO2/c1-13(12-14-4-6-15(16)7-5-14)17-8-3-9-19-11-10-18-2/h4-7,13,17H,3,8-12H2,1-2H3. The second kappa shape index (κ2) is 10.2. The van der Waals surface area contributed by atoms with E-state index in [2.05, 4.69) is 24.4 Å². The fraction of sp³-hybridized carbons (Fsp3) is 0.600. The van der Waals surface area contributed by atoms with Gasteiger partial charge in [0.15, 0.2) is 0 Å². The van der Waals surface area contributed by atoms with Crippen molar-refractivity contribution >= 4 is 11.6 Å². The lowest BCUT2D eigenvalue weighted by atomic mass is 10.1. The summed E-state index contributed by atoms with van der Waals surface area (Å²) in [6.07, 6.45) is 2.04. The van der Waals surface area contributed by atoms with Gasteiger partial charge < -0.3 is 14.8 Å². The molecule has 0 bridgehead atoms. The Kier molecular flexibility index (Phi) is 8.84. The van der Waals surface area contributed by atoms with Crippen molar-refractivity contribution in [1.82, 2.24) is 5.32 Å². The number of halogens is 1. The van der Waals surface area contributed by atoms with E-state index >= 15 is 0 Å². The SMILES string of the molecule is COCCOCCCNC(C)Cc1ccc(Cl)cc1. The number of hydrogen-bond donors (Lipinski definition) is 1. The number of methoxy groups -OCH3 is 1. The molecule has 1 aromatic rings. The van der Waals surface area contributed by atoms with Crippen molar-refractivity contribution < 1.29 is 9.47 Å². The summed E-state index contributed by atoms with van der Waals surface area (Å²) in [6, 6.07) is 8.49. The smallest absolute Gasteiger partial charge is 0.0700 e. The minimum Gasteiger partial charge on any atom is -0.382 e. The largest absolute Gasteiger partial charge is 0.382 e. The first-order valence-corrected chi connectivity index (χ1v) is 7.14. The van der Waals surface area contributed by atoms with Crippen molar-refractivity contribution in [1.29, 1.82) is 0 Å². The normalized spacial score (nSPS) is 12.6. The second-order valence-electron chi connectivity index (χ2n) is 4.64. The van der Waals surface area contributed by atoms with Crippen LogP contribution < -0.4 is 5.32 Å². The molecule has 3 nitrogen and oxygen atoms in total. The minimum absolute atomic E-state index is 0.458. The molecule has 0 aliphatic heterocycles. The molecule has 0 aromatic heterocycles. The Hall–Kier alpha value is -0.610. The molecule has 0 aliphatic carbocycles. The summed E-state index contributed by atoms with van der Waals surface area (Å²) in [5, 5.41) is 4.28. The number of hydrogen-bond acceptors (Lipinski definition) is 3. The summed E-state index contributed by atoms with van der Waals surface area (Å²) in [5.74, 6) is 0. The molecular formula is C15H24ClNO2. The number of benzene rings is 1. The lowest BCUT2D eigenvalue weighted by Gasteiger charge is -2.14. The van der Waals surface area contributed by atoms with Gasteiger partial charge >= 0.3 is 0 Å². The van der Waals surface area contributed by atoms with E-state index in [9.17, 15) is 0 Å². The first-order chi connectivity index (χ1) is 9.22. The molecule has 1 aromatic carbocycles. The van der Waals surface area contributed by atoms with E-state index in [1.807, 2.05) is 12.1 Å². The van der Waals surface area contributed by atoms with Crippen LogP contribution >= 0.6 is 11.6 Å². The molecule has 1 unspecified atom stereocenters. The molecule has 0 saturated heterocycles. The Morgan fingerprint density at radius 2 is 1.89 bits per heavy atom. The van der Waals surface area contributed by atoms with Crippen molar-refractivity contribution in [2.45, 2.75) is 25.8 Å². The first kappa shape index (κ1) is 16.4. The van der Waals surface area contributed by atoms with E-state index < -0.39 is 0 Å². The van der Waals surface area contributed by atoms with Gasteiger partial charge in [0.2, 0.25) is 0 Å². The van der Waals surface area contributed by atoms with Crippen LogP contribution in [0, 0.1) is 0 Å². The second-order valence-corrected chi connectivity index (χ2v) is 5.08. The highest BCUT2D eigenvalue weighted by Gasteiger charge is 2.02. The van der Waals surface area contributed by atoms with Gasteiger partial charge in [-0.3, -0.25) is 0 Å². The van der Waals surface area contributed by atoms with Gasteiger partial charge in [0.05, 0.1) is 13.2 Å². The van der Waals surface area contributed by atoms with Gasteiger partial charge in [-0.25, -0.2) is 0 Å². The van der Waals surface area contributed by atoms with Crippen molar-refractivity contribution in [2.24, 2.45) is 0 Å². The number of rotatable bonds is 10. The van der Waals surface area contributed by atoms with Gasteiger partial charge in [0.25, 0.3) is 0 Å². The van der Waals surface area contributed by atoms with Gasteiger partial charge in [0.1, 0.15) is 0 Å². The highest BCUT2D eigenvalue weighted by atomic mass is 35.5. The van der Waals surface area contributed by atoms with Gasteiger partial charge in [0, 0.05) is 24.8 Å². The molecule has 1 rings (SSSR count). The Labute approximate surface area is 121 Å². The maximum atomic E-state index is 5.86. The van der Waals surface area contributed by atoms with E-state index in [0.29, 0.717) is 19.3 Å². The van der Waals surface area contributed by atoms with Gasteiger partial charge in [-0.15, -0.1) is 0 Å². The summed E-state index contributed by atoms with van der Waals surface area (Å²) in [4.78, 5) is 0. The third-order valence-corrected chi connectivity index (χ3v) is 3.10. The Morgan fingerprint density at radius 1 is 1.16 bits per heavy atom. The van der Waals surface area contributed by atoms with Crippen molar-refractivity contribution in [3.05, 3.63) is 34.9 Å². The summed E-state index contributed by atoms with van der Waals surface area (Å²) >= 11 is 5.86. The van der Waals surface area contributed by atoms with E-state index in [0.717, 1.165) is 31.0 Å². The van der Waals surface area contributed by atoms with Crippen molar-refractivity contribution in [3.63, 3.8) is 0 Å². The molecule has 0 heterocycles. The predicted molar refractivity (Wildman–Crippen MR) is 79.9 cm³/mol. The topological polar surface area (TPSA) is 30.5 Å². The molecule has 0 aliphatic rings. The number of nitrogens with one attached hydrogen (secondary N) is 1. The molecule has 0 fully saturated rings. The fourth-order valence-corrected chi connectivity index (χ4v) is 1.94. The molecule has 0 amide bonds. The average Bonchev–Trinajstić information content (AvgIpc) is 2.40. The first-order valence-electron chi connectivity index (χ1n) is 6.77. The van der Waals surface area contributed by atoms with Gasteiger partial charge in [-0.05, 0) is 44.0 Å². The predicted octanol–water partition coefficient (Wildman–Crippen LogP) is 2.91. The molecule has 19 heavy (non-hydrogen) atoms. The summed E-state index contributed by atoms with van der Waals surface area (Å²) in [7, 11) is 1.68. The van der Waals surface area contributed by atoms with Gasteiger partial charge in [-0.2, -0.15) is 0 Å². The quantitative estimate of drug-likeness (QED) is 0.671. The molecule has 0 saturated carbocycles. The lowest BCUT2D eigenvalue weighted by Crippen LogP contribution is -2.29. The molecule has 1 atom stereocenters. The van der Waals surface area contributed by atoms with E-state index in [4.69, 9.17) is 21.1 Å². The maximum Gasteiger partial charge on any atom is 0.0700 e. The van der Waals surface area contributed by atoms with Gasteiger partial charge in [-0.1, -0.05) is 23.7 Å². The zero-order valence-corrected chi connectivity index (χ0v) is 12.6. The van der Waals surface area contributed by atoms with Crippen LogP contribution in [-0.4, -0.2) is 39.5 Å². The molecular weight excluding hydrogens is 262 g/mol. The third kappa shape index (κ3) is 8.22. The van der Waals surface area contributed by atoms with Crippen LogP contribution in [0.15, 0.2) is 24.3 Å². The third-order valence-electron chi connectivity index (χ3n) is 2.85. The molecule has 108 valence electrons. The van der Waals surface area contributed by atoms with Crippen LogP contribution in [0.4, 0.5) is 0 Å². The zero-order valence-electron chi connectivity index (χ0n) is 11.8. The summed E-state index contributed by atoms with van der Waals surface area (Å²) in [5.41, 5.74) is 1.31. The van der Waals surface area contributed by atoms with E-state index in [1.54, 1.807) is 7.11 Å².